The molecule has 0 spiro atoms. The Morgan fingerprint density at radius 2 is 1.91 bits per heavy atom. The van der Waals surface area contributed by atoms with Crippen LogP contribution >= 0.6 is 11.3 Å². The molecule has 180 valence electrons. The minimum Gasteiger partial charge on any atom is -0.322 e. The van der Waals surface area contributed by atoms with Gasteiger partial charge in [-0.3, -0.25) is 24.5 Å². The summed E-state index contributed by atoms with van der Waals surface area (Å²) in [6.07, 6.45) is 3.74. The number of anilines is 2. The first kappa shape index (κ1) is 24.1. The van der Waals surface area contributed by atoms with Gasteiger partial charge in [0.2, 0.25) is 5.91 Å². The van der Waals surface area contributed by atoms with Gasteiger partial charge in [-0.05, 0) is 49.4 Å². The molecule has 0 unspecified atom stereocenters. The lowest BCUT2D eigenvalue weighted by atomic mass is 9.87. The van der Waals surface area contributed by atoms with E-state index in [0.29, 0.717) is 17.2 Å². The van der Waals surface area contributed by atoms with E-state index < -0.39 is 0 Å². The number of hydrogen-bond acceptors (Lipinski definition) is 6. The second kappa shape index (κ2) is 9.68. The summed E-state index contributed by atoms with van der Waals surface area (Å²) in [4.78, 5) is 32.2. The Kier molecular flexibility index (Phi) is 6.86. The van der Waals surface area contributed by atoms with Crippen LogP contribution in [0.4, 0.5) is 10.8 Å². The number of hydrogen-bond donors (Lipinski definition) is 2. The molecule has 8 nitrogen and oxygen atoms in total. The normalized spacial score (nSPS) is 16.6. The SMILES string of the molecule is Cc1nn(C)cc1NC(=O)CN1CCC[C@@H]1c1csc(NC(=O)c2ccc(C(C)(C)C)cc2)n1. The van der Waals surface area contributed by atoms with Crippen molar-refractivity contribution in [1.29, 1.82) is 0 Å². The van der Waals surface area contributed by atoms with Crippen molar-refractivity contribution in [3.8, 4) is 0 Å². The van der Waals surface area contributed by atoms with E-state index in [4.69, 9.17) is 0 Å². The monoisotopic (exact) mass is 480 g/mol. The average molecular weight is 481 g/mol. The Hall–Kier alpha value is -3.04. The summed E-state index contributed by atoms with van der Waals surface area (Å²) < 4.78 is 1.69. The van der Waals surface area contributed by atoms with Gasteiger partial charge in [0.25, 0.3) is 5.91 Å². The highest BCUT2D eigenvalue weighted by Gasteiger charge is 2.30. The maximum absolute atomic E-state index is 12.7. The van der Waals surface area contributed by atoms with Crippen molar-refractivity contribution < 1.29 is 9.59 Å². The summed E-state index contributed by atoms with van der Waals surface area (Å²) in [5.74, 6) is -0.235. The number of thiazole rings is 1. The van der Waals surface area contributed by atoms with Crippen molar-refractivity contribution in [2.45, 2.75) is 52.0 Å². The molecule has 1 atom stereocenters. The molecule has 9 heteroatoms. The topological polar surface area (TPSA) is 92.2 Å². The first-order valence-electron chi connectivity index (χ1n) is 11.5. The average Bonchev–Trinajstić information content (AvgIpc) is 3.48. The number of aryl methyl sites for hydroxylation is 2. The lowest BCUT2D eigenvalue weighted by Crippen LogP contribution is -2.33. The Labute approximate surface area is 204 Å². The van der Waals surface area contributed by atoms with Crippen LogP contribution in [0.15, 0.2) is 35.8 Å². The number of rotatable bonds is 6. The molecule has 2 aromatic heterocycles. The molecule has 2 N–H and O–H groups in total. The lowest BCUT2D eigenvalue weighted by Gasteiger charge is -2.22. The number of amides is 2. The van der Waals surface area contributed by atoms with E-state index in [2.05, 4.69) is 46.4 Å². The highest BCUT2D eigenvalue weighted by Crippen LogP contribution is 2.33. The zero-order valence-electron chi connectivity index (χ0n) is 20.4. The molecule has 1 saturated heterocycles. The minimum atomic E-state index is -0.171. The molecular weight excluding hydrogens is 448 g/mol. The molecule has 1 aliphatic rings. The van der Waals surface area contributed by atoms with E-state index in [9.17, 15) is 9.59 Å². The Balaban J connectivity index is 1.37. The number of likely N-dealkylation sites (tertiary alicyclic amines) is 1. The third-order valence-corrected chi connectivity index (χ3v) is 6.87. The Morgan fingerprint density at radius 1 is 1.18 bits per heavy atom. The van der Waals surface area contributed by atoms with Crippen LogP contribution < -0.4 is 10.6 Å². The zero-order chi connectivity index (χ0) is 24.5. The summed E-state index contributed by atoms with van der Waals surface area (Å²) in [5, 5.41) is 12.7. The van der Waals surface area contributed by atoms with Crippen molar-refractivity contribution in [3.05, 3.63) is 58.4 Å². The maximum Gasteiger partial charge on any atom is 0.257 e. The fourth-order valence-corrected chi connectivity index (χ4v) is 4.99. The molecule has 0 saturated carbocycles. The Morgan fingerprint density at radius 3 is 2.56 bits per heavy atom. The zero-order valence-corrected chi connectivity index (χ0v) is 21.2. The van der Waals surface area contributed by atoms with Crippen molar-refractivity contribution in [1.82, 2.24) is 19.7 Å². The standard InChI is InChI=1S/C25H32N6O2S/c1-16-19(13-30(5)29-16)26-22(32)14-31-12-6-7-21(31)20-15-34-24(27-20)28-23(33)17-8-10-18(11-9-17)25(2,3)4/h8-11,13,15,21H,6-7,12,14H2,1-5H3,(H,26,32)(H,27,28,33)/t21-/m1/s1. The van der Waals surface area contributed by atoms with Gasteiger partial charge >= 0.3 is 0 Å². The van der Waals surface area contributed by atoms with Gasteiger partial charge in [-0.25, -0.2) is 4.98 Å². The van der Waals surface area contributed by atoms with Crippen LogP contribution in [-0.2, 0) is 17.3 Å². The van der Waals surface area contributed by atoms with E-state index in [1.54, 1.807) is 10.9 Å². The molecule has 1 fully saturated rings. The molecule has 34 heavy (non-hydrogen) atoms. The number of carbonyl (C=O) groups is 2. The van der Waals surface area contributed by atoms with E-state index >= 15 is 0 Å². The molecular formula is C25H32N6O2S. The highest BCUT2D eigenvalue weighted by molar-refractivity contribution is 7.14. The molecule has 0 radical (unpaired) electrons. The van der Waals surface area contributed by atoms with E-state index in [-0.39, 0.29) is 23.3 Å². The second-order valence-electron chi connectivity index (χ2n) is 9.84. The number of nitrogens with one attached hydrogen (secondary N) is 2. The molecule has 3 aromatic rings. The van der Waals surface area contributed by atoms with Gasteiger partial charge in [-0.1, -0.05) is 32.9 Å². The van der Waals surface area contributed by atoms with Crippen molar-refractivity contribution >= 4 is 34.0 Å². The van der Waals surface area contributed by atoms with Crippen molar-refractivity contribution in [3.63, 3.8) is 0 Å². The fraction of sp³-hybridized carbons (Fsp3) is 0.440. The Bertz CT molecular complexity index is 1170. The molecule has 0 bridgehead atoms. The summed E-state index contributed by atoms with van der Waals surface area (Å²) >= 11 is 1.41. The maximum atomic E-state index is 12.7. The van der Waals surface area contributed by atoms with Gasteiger partial charge in [0.1, 0.15) is 0 Å². The second-order valence-corrected chi connectivity index (χ2v) is 10.7. The van der Waals surface area contributed by atoms with Crippen LogP contribution in [0.3, 0.4) is 0 Å². The predicted molar refractivity (Wildman–Crippen MR) is 135 cm³/mol. The van der Waals surface area contributed by atoms with Crippen LogP contribution in [-0.4, -0.2) is 44.6 Å². The number of nitrogens with zero attached hydrogens (tertiary/aromatic N) is 4. The predicted octanol–water partition coefficient (Wildman–Crippen LogP) is 4.51. The number of benzene rings is 1. The molecule has 3 heterocycles. The van der Waals surface area contributed by atoms with E-state index in [1.165, 1.54) is 16.9 Å². The molecule has 0 aliphatic carbocycles. The summed E-state index contributed by atoms with van der Waals surface area (Å²) in [5.41, 5.74) is 4.25. The molecule has 4 rings (SSSR count). The van der Waals surface area contributed by atoms with Gasteiger partial charge in [0.05, 0.1) is 29.7 Å². The van der Waals surface area contributed by atoms with E-state index in [0.717, 1.165) is 36.5 Å². The number of carbonyl (C=O) groups excluding carboxylic acids is 2. The number of aromatic nitrogens is 3. The van der Waals surface area contributed by atoms with Gasteiger partial charge in [-0.15, -0.1) is 11.3 Å². The third kappa shape index (κ3) is 5.53. The van der Waals surface area contributed by atoms with Crippen LogP contribution in [0.25, 0.3) is 0 Å². The molecule has 1 aromatic carbocycles. The minimum absolute atomic E-state index is 0.0418. The van der Waals surface area contributed by atoms with Crippen molar-refractivity contribution in [2.24, 2.45) is 7.05 Å². The fourth-order valence-electron chi connectivity index (χ4n) is 4.23. The molecule has 2 amide bonds. The lowest BCUT2D eigenvalue weighted by molar-refractivity contribution is -0.117. The first-order valence-corrected chi connectivity index (χ1v) is 12.4. The summed E-state index contributed by atoms with van der Waals surface area (Å²) in [7, 11) is 1.83. The van der Waals surface area contributed by atoms with Crippen LogP contribution in [0.1, 0.15) is 67.0 Å². The third-order valence-electron chi connectivity index (χ3n) is 6.09. The molecule has 1 aliphatic heterocycles. The summed E-state index contributed by atoms with van der Waals surface area (Å²) in [6.45, 7) is 9.44. The smallest absolute Gasteiger partial charge is 0.257 e. The van der Waals surface area contributed by atoms with Crippen LogP contribution in [0.2, 0.25) is 0 Å². The first-order chi connectivity index (χ1) is 16.1. The largest absolute Gasteiger partial charge is 0.322 e. The highest BCUT2D eigenvalue weighted by atomic mass is 32.1. The van der Waals surface area contributed by atoms with Crippen LogP contribution in [0, 0.1) is 6.92 Å². The van der Waals surface area contributed by atoms with Gasteiger partial charge in [0, 0.05) is 24.2 Å². The van der Waals surface area contributed by atoms with Gasteiger partial charge in [-0.2, -0.15) is 5.10 Å². The van der Waals surface area contributed by atoms with Gasteiger partial charge < -0.3 is 5.32 Å². The quantitative estimate of drug-likeness (QED) is 0.542. The van der Waals surface area contributed by atoms with E-state index in [1.807, 2.05) is 43.6 Å². The van der Waals surface area contributed by atoms with Crippen LogP contribution in [0.5, 0.6) is 0 Å². The summed E-state index contributed by atoms with van der Waals surface area (Å²) in [6, 6.07) is 7.76. The van der Waals surface area contributed by atoms with Crippen molar-refractivity contribution in [2.75, 3.05) is 23.7 Å². The van der Waals surface area contributed by atoms with Gasteiger partial charge in [0.15, 0.2) is 5.13 Å².